The van der Waals surface area contributed by atoms with E-state index in [1.54, 1.807) is 0 Å². The van der Waals surface area contributed by atoms with E-state index in [0.717, 1.165) is 34.0 Å². The highest BCUT2D eigenvalue weighted by Crippen LogP contribution is 2.34. The Morgan fingerprint density at radius 2 is 1.42 bits per heavy atom. The monoisotopic (exact) mass is 416 g/mol. The highest BCUT2D eigenvalue weighted by molar-refractivity contribution is 6.02. The minimum absolute atomic E-state index is 0.303. The first-order chi connectivity index (χ1) is 14.9. The molecule has 0 atom stereocenters. The Kier molecular flexibility index (Phi) is 5.42. The van der Waals surface area contributed by atoms with Crippen molar-refractivity contribution >= 4 is 5.91 Å². The van der Waals surface area contributed by atoms with Crippen LogP contribution in [-0.4, -0.2) is 10.5 Å². The average Bonchev–Trinajstić information content (AvgIpc) is 3.02. The molecule has 5 heteroatoms. The third-order valence-corrected chi connectivity index (χ3v) is 5.64. The third-order valence-electron chi connectivity index (χ3n) is 5.64. The topological polar surface area (TPSA) is 48.0 Å². The molecule has 0 fully saturated rings. The minimum atomic E-state index is -0.896. The number of carbonyl (C=O) groups excluding carboxylic acids is 1. The Labute approximate surface area is 179 Å². The van der Waals surface area contributed by atoms with Crippen molar-refractivity contribution in [1.29, 1.82) is 0 Å². The summed E-state index contributed by atoms with van der Waals surface area (Å²) < 4.78 is 28.9. The van der Waals surface area contributed by atoms with Gasteiger partial charge in [0.25, 0.3) is 5.91 Å². The number of nitrogens with zero attached hydrogens (tertiary/aromatic N) is 1. The van der Waals surface area contributed by atoms with Gasteiger partial charge < -0.3 is 10.3 Å². The molecule has 4 aromatic rings. The molecule has 0 saturated carbocycles. The van der Waals surface area contributed by atoms with Crippen molar-refractivity contribution in [3.8, 4) is 22.3 Å². The first kappa shape index (κ1) is 20.5. The van der Waals surface area contributed by atoms with Crippen molar-refractivity contribution in [2.75, 3.05) is 0 Å². The van der Waals surface area contributed by atoms with Crippen molar-refractivity contribution in [3.05, 3.63) is 107 Å². The first-order valence-corrected chi connectivity index (χ1v) is 9.96. The maximum absolute atomic E-state index is 13.7. The fraction of sp³-hybridized carbons (Fsp3) is 0.115. The second-order valence-corrected chi connectivity index (χ2v) is 7.56. The maximum Gasteiger partial charge on any atom is 0.251 e. The molecule has 0 radical (unpaired) electrons. The van der Waals surface area contributed by atoms with Crippen LogP contribution in [-0.2, 0) is 6.54 Å². The van der Waals surface area contributed by atoms with Crippen LogP contribution < -0.4 is 5.73 Å². The SMILES string of the molecule is Cc1c(C(N)=O)c(-c2ccc(-c3ccccc3)cc2)c(C)n1Cc1ccc(F)c(F)c1. The fourth-order valence-electron chi connectivity index (χ4n) is 4.06. The number of rotatable bonds is 5. The molecule has 0 aliphatic rings. The van der Waals surface area contributed by atoms with Gasteiger partial charge in [0, 0.05) is 23.5 Å². The van der Waals surface area contributed by atoms with E-state index in [2.05, 4.69) is 0 Å². The van der Waals surface area contributed by atoms with Gasteiger partial charge in [0.15, 0.2) is 11.6 Å². The lowest BCUT2D eigenvalue weighted by molar-refractivity contribution is 0.1000. The van der Waals surface area contributed by atoms with E-state index >= 15 is 0 Å². The van der Waals surface area contributed by atoms with Gasteiger partial charge in [-0.3, -0.25) is 4.79 Å². The number of amides is 1. The molecule has 4 rings (SSSR count). The summed E-state index contributed by atoms with van der Waals surface area (Å²) in [7, 11) is 0. The van der Waals surface area contributed by atoms with E-state index in [9.17, 15) is 13.6 Å². The van der Waals surface area contributed by atoms with Crippen molar-refractivity contribution in [3.63, 3.8) is 0 Å². The van der Waals surface area contributed by atoms with Gasteiger partial charge in [-0.25, -0.2) is 8.78 Å². The number of primary amides is 1. The standard InChI is InChI=1S/C26H22F2N2O/c1-16-24(21-11-9-20(10-12-21)19-6-4-3-5-7-19)25(26(29)31)17(2)30(16)15-18-8-13-22(27)23(28)14-18/h3-14H,15H2,1-2H3,(H2,29,31). The fourth-order valence-corrected chi connectivity index (χ4v) is 4.06. The molecule has 3 nitrogen and oxygen atoms in total. The summed E-state index contributed by atoms with van der Waals surface area (Å²) >= 11 is 0. The predicted molar refractivity (Wildman–Crippen MR) is 119 cm³/mol. The van der Waals surface area contributed by atoms with Crippen LogP contribution in [0, 0.1) is 25.5 Å². The van der Waals surface area contributed by atoms with Crippen LogP contribution >= 0.6 is 0 Å². The Morgan fingerprint density at radius 1 is 0.806 bits per heavy atom. The quantitative estimate of drug-likeness (QED) is 0.435. The molecule has 0 saturated heterocycles. The number of nitrogens with two attached hydrogens (primary N) is 1. The number of halogens is 2. The molecule has 1 heterocycles. The normalized spacial score (nSPS) is 11.0. The number of hydrogen-bond donors (Lipinski definition) is 1. The summed E-state index contributed by atoms with van der Waals surface area (Å²) in [5.74, 6) is -2.31. The zero-order chi connectivity index (χ0) is 22.1. The third kappa shape index (κ3) is 3.87. The van der Waals surface area contributed by atoms with Crippen molar-refractivity contribution in [1.82, 2.24) is 4.57 Å². The molecule has 2 N–H and O–H groups in total. The zero-order valence-electron chi connectivity index (χ0n) is 17.3. The smallest absolute Gasteiger partial charge is 0.251 e. The van der Waals surface area contributed by atoms with E-state index in [-0.39, 0.29) is 0 Å². The molecule has 1 amide bonds. The molecule has 1 aromatic heterocycles. The zero-order valence-corrected chi connectivity index (χ0v) is 17.3. The molecule has 0 aliphatic heterocycles. The molecule has 0 spiro atoms. The van der Waals surface area contributed by atoms with Crippen LogP contribution in [0.2, 0.25) is 0 Å². The van der Waals surface area contributed by atoms with Gasteiger partial charge in [0.1, 0.15) is 0 Å². The second-order valence-electron chi connectivity index (χ2n) is 7.56. The maximum atomic E-state index is 13.7. The largest absolute Gasteiger partial charge is 0.366 e. The van der Waals surface area contributed by atoms with Gasteiger partial charge >= 0.3 is 0 Å². The molecule has 3 aromatic carbocycles. The lowest BCUT2D eigenvalue weighted by atomic mass is 9.97. The summed E-state index contributed by atoms with van der Waals surface area (Å²) in [5, 5.41) is 0. The van der Waals surface area contributed by atoms with Gasteiger partial charge in [-0.05, 0) is 48.2 Å². The van der Waals surface area contributed by atoms with Crippen LogP contribution in [0.4, 0.5) is 8.78 Å². The Hall–Kier alpha value is -3.73. The first-order valence-electron chi connectivity index (χ1n) is 9.96. The van der Waals surface area contributed by atoms with E-state index in [4.69, 9.17) is 5.73 Å². The van der Waals surface area contributed by atoms with Gasteiger partial charge in [0.2, 0.25) is 0 Å². The Bertz CT molecular complexity index is 1260. The molecule has 156 valence electrons. The lowest BCUT2D eigenvalue weighted by Crippen LogP contribution is -2.13. The van der Waals surface area contributed by atoms with E-state index in [1.807, 2.05) is 73.0 Å². The summed E-state index contributed by atoms with van der Waals surface area (Å²) in [6.07, 6.45) is 0. The molecular formula is C26H22F2N2O. The summed E-state index contributed by atoms with van der Waals surface area (Å²) in [5.41, 5.74) is 12.1. The summed E-state index contributed by atoms with van der Waals surface area (Å²) in [6, 6.07) is 21.8. The second kappa shape index (κ2) is 8.19. The Morgan fingerprint density at radius 3 is 2.03 bits per heavy atom. The van der Waals surface area contributed by atoms with E-state index < -0.39 is 17.5 Å². The van der Waals surface area contributed by atoms with Crippen molar-refractivity contribution in [2.24, 2.45) is 5.73 Å². The van der Waals surface area contributed by atoms with Crippen molar-refractivity contribution in [2.45, 2.75) is 20.4 Å². The molecule has 0 bridgehead atoms. The van der Waals surface area contributed by atoms with E-state index in [1.165, 1.54) is 12.1 Å². The molecule has 0 unspecified atom stereocenters. The van der Waals surface area contributed by atoms with E-state index in [0.29, 0.717) is 23.4 Å². The number of benzene rings is 3. The number of aromatic nitrogens is 1. The number of hydrogen-bond acceptors (Lipinski definition) is 1. The van der Waals surface area contributed by atoms with Crippen molar-refractivity contribution < 1.29 is 13.6 Å². The lowest BCUT2D eigenvalue weighted by Gasteiger charge is -2.11. The van der Waals surface area contributed by atoms with Gasteiger partial charge in [0.05, 0.1) is 5.56 Å². The van der Waals surface area contributed by atoms with Crippen LogP contribution in [0.15, 0.2) is 72.8 Å². The highest BCUT2D eigenvalue weighted by Gasteiger charge is 2.23. The minimum Gasteiger partial charge on any atom is -0.366 e. The predicted octanol–water partition coefficient (Wildman–Crippen LogP) is 5.86. The Balaban J connectivity index is 1.78. The molecule has 31 heavy (non-hydrogen) atoms. The summed E-state index contributed by atoms with van der Waals surface area (Å²) in [4.78, 5) is 12.3. The number of carbonyl (C=O) groups is 1. The average molecular weight is 416 g/mol. The summed E-state index contributed by atoms with van der Waals surface area (Å²) in [6.45, 7) is 4.02. The molecular weight excluding hydrogens is 394 g/mol. The van der Waals surface area contributed by atoms with Crippen LogP contribution in [0.1, 0.15) is 27.3 Å². The van der Waals surface area contributed by atoms with Gasteiger partial charge in [-0.2, -0.15) is 0 Å². The van der Waals surface area contributed by atoms with Crippen LogP contribution in [0.3, 0.4) is 0 Å². The highest BCUT2D eigenvalue weighted by atomic mass is 19.2. The van der Waals surface area contributed by atoms with Crippen LogP contribution in [0.5, 0.6) is 0 Å². The van der Waals surface area contributed by atoms with Gasteiger partial charge in [-0.1, -0.05) is 60.7 Å². The molecule has 0 aliphatic carbocycles. The van der Waals surface area contributed by atoms with Crippen LogP contribution in [0.25, 0.3) is 22.3 Å². The van der Waals surface area contributed by atoms with Gasteiger partial charge in [-0.15, -0.1) is 0 Å².